The number of pyridine rings is 1. The summed E-state index contributed by atoms with van der Waals surface area (Å²) in [6.45, 7) is 1.85. The van der Waals surface area contributed by atoms with Gasteiger partial charge in [0.05, 0.1) is 0 Å². The number of hydrogen-bond donors (Lipinski definition) is 0. The molecule has 0 aliphatic heterocycles. The van der Waals surface area contributed by atoms with E-state index in [2.05, 4.69) is 4.98 Å². The van der Waals surface area contributed by atoms with E-state index in [-0.39, 0.29) is 5.78 Å². The number of ketones is 1. The SMILES string of the molecule is C#CC(=O)c1ccc(C)nc1. The van der Waals surface area contributed by atoms with Gasteiger partial charge in [0, 0.05) is 17.5 Å². The van der Waals surface area contributed by atoms with Crippen LogP contribution >= 0.6 is 0 Å². The molecule has 2 heteroatoms. The van der Waals surface area contributed by atoms with Crippen LogP contribution in [0.1, 0.15) is 16.1 Å². The highest BCUT2D eigenvalue weighted by atomic mass is 16.1. The zero-order valence-electron chi connectivity index (χ0n) is 6.16. The first-order valence-corrected chi connectivity index (χ1v) is 3.17. The largest absolute Gasteiger partial charge is 0.279 e. The van der Waals surface area contributed by atoms with Gasteiger partial charge in [-0.05, 0) is 25.0 Å². The predicted molar refractivity (Wildman–Crippen MR) is 42.1 cm³/mol. The summed E-state index contributed by atoms with van der Waals surface area (Å²) in [4.78, 5) is 14.8. The van der Waals surface area contributed by atoms with E-state index in [1.54, 1.807) is 12.1 Å². The van der Waals surface area contributed by atoms with E-state index in [0.29, 0.717) is 5.56 Å². The van der Waals surface area contributed by atoms with Crippen LogP contribution in [0, 0.1) is 19.3 Å². The summed E-state index contributed by atoms with van der Waals surface area (Å²) in [5, 5.41) is 0. The monoisotopic (exact) mass is 145 g/mol. The number of carbonyl (C=O) groups is 1. The molecule has 0 unspecified atom stereocenters. The van der Waals surface area contributed by atoms with Crippen LogP contribution in [0.2, 0.25) is 0 Å². The van der Waals surface area contributed by atoms with E-state index in [0.717, 1.165) is 5.69 Å². The highest BCUT2D eigenvalue weighted by Crippen LogP contribution is 1.98. The summed E-state index contributed by atoms with van der Waals surface area (Å²) < 4.78 is 0. The van der Waals surface area contributed by atoms with Gasteiger partial charge in [-0.3, -0.25) is 9.78 Å². The van der Waals surface area contributed by atoms with Crippen molar-refractivity contribution in [3.63, 3.8) is 0 Å². The maximum absolute atomic E-state index is 10.8. The fourth-order valence-corrected chi connectivity index (χ4v) is 0.685. The normalized spacial score (nSPS) is 8.73. The summed E-state index contributed by atoms with van der Waals surface area (Å²) >= 11 is 0. The van der Waals surface area contributed by atoms with Gasteiger partial charge in [-0.1, -0.05) is 0 Å². The van der Waals surface area contributed by atoms with Gasteiger partial charge in [0.2, 0.25) is 5.78 Å². The zero-order chi connectivity index (χ0) is 8.27. The van der Waals surface area contributed by atoms with E-state index in [1.165, 1.54) is 6.20 Å². The van der Waals surface area contributed by atoms with Gasteiger partial charge in [0.15, 0.2) is 0 Å². The number of nitrogens with zero attached hydrogens (tertiary/aromatic N) is 1. The Kier molecular flexibility index (Phi) is 2.03. The fraction of sp³-hybridized carbons (Fsp3) is 0.111. The minimum Gasteiger partial charge on any atom is -0.279 e. The van der Waals surface area contributed by atoms with Crippen molar-refractivity contribution in [1.82, 2.24) is 4.98 Å². The Morgan fingerprint density at radius 1 is 1.64 bits per heavy atom. The molecule has 0 fully saturated rings. The number of carbonyl (C=O) groups excluding carboxylic acids is 1. The molecule has 0 amide bonds. The number of hydrogen-bond acceptors (Lipinski definition) is 2. The average Bonchev–Trinajstić information content (AvgIpc) is 2.05. The molecule has 0 N–H and O–H groups in total. The molecule has 0 aromatic carbocycles. The van der Waals surface area contributed by atoms with Gasteiger partial charge in [-0.25, -0.2) is 0 Å². The Hall–Kier alpha value is -1.62. The highest BCUT2D eigenvalue weighted by Gasteiger charge is 1.99. The van der Waals surface area contributed by atoms with Crippen molar-refractivity contribution < 1.29 is 4.79 Å². The second-order valence-corrected chi connectivity index (χ2v) is 2.16. The Morgan fingerprint density at radius 2 is 2.36 bits per heavy atom. The Bertz CT molecular complexity index is 305. The van der Waals surface area contributed by atoms with Crippen LogP contribution in [-0.2, 0) is 0 Å². The van der Waals surface area contributed by atoms with Gasteiger partial charge in [0.25, 0.3) is 0 Å². The molecule has 0 atom stereocenters. The van der Waals surface area contributed by atoms with Crippen molar-refractivity contribution in [2.45, 2.75) is 6.92 Å². The van der Waals surface area contributed by atoms with Crippen molar-refractivity contribution >= 4 is 5.78 Å². The molecule has 0 bridgehead atoms. The lowest BCUT2D eigenvalue weighted by Gasteiger charge is -1.92. The zero-order valence-corrected chi connectivity index (χ0v) is 6.16. The molecular weight excluding hydrogens is 138 g/mol. The molecule has 1 rings (SSSR count). The molecule has 2 nitrogen and oxygen atoms in total. The Morgan fingerprint density at radius 3 is 2.82 bits per heavy atom. The van der Waals surface area contributed by atoms with Gasteiger partial charge < -0.3 is 0 Å². The van der Waals surface area contributed by atoms with Crippen molar-refractivity contribution in [3.05, 3.63) is 29.6 Å². The first kappa shape index (κ1) is 7.49. The lowest BCUT2D eigenvalue weighted by atomic mass is 10.2. The van der Waals surface area contributed by atoms with Crippen molar-refractivity contribution in [2.75, 3.05) is 0 Å². The Balaban J connectivity index is 3.01. The van der Waals surface area contributed by atoms with Crippen LogP contribution in [0.5, 0.6) is 0 Å². The first-order valence-electron chi connectivity index (χ1n) is 3.17. The third-order valence-electron chi connectivity index (χ3n) is 1.30. The third kappa shape index (κ3) is 1.65. The minimum absolute atomic E-state index is 0.322. The molecule has 0 saturated heterocycles. The maximum Gasteiger partial charge on any atom is 0.237 e. The number of Topliss-reactive ketones (excluding diaryl/α,β-unsaturated/α-hetero) is 1. The summed E-state index contributed by atoms with van der Waals surface area (Å²) in [6.07, 6.45) is 6.40. The third-order valence-corrected chi connectivity index (χ3v) is 1.30. The topological polar surface area (TPSA) is 30.0 Å². The first-order chi connectivity index (χ1) is 5.24. The molecular formula is C9H7NO. The average molecular weight is 145 g/mol. The molecule has 0 aliphatic carbocycles. The van der Waals surface area contributed by atoms with Crippen LogP contribution in [0.15, 0.2) is 18.3 Å². The highest BCUT2D eigenvalue weighted by molar-refractivity contribution is 6.08. The number of terminal acetylenes is 1. The van der Waals surface area contributed by atoms with Gasteiger partial charge in [0.1, 0.15) is 0 Å². The van der Waals surface area contributed by atoms with Gasteiger partial charge in [-0.2, -0.15) is 0 Å². The summed E-state index contributed by atoms with van der Waals surface area (Å²) in [5.74, 6) is 1.70. The molecule has 1 aromatic heterocycles. The van der Waals surface area contributed by atoms with Crippen molar-refractivity contribution in [1.29, 1.82) is 0 Å². The number of rotatable bonds is 1. The molecule has 1 heterocycles. The van der Waals surface area contributed by atoms with Crippen LogP contribution in [0.4, 0.5) is 0 Å². The summed E-state index contributed by atoms with van der Waals surface area (Å²) in [5.41, 5.74) is 1.34. The second-order valence-electron chi connectivity index (χ2n) is 2.16. The molecule has 0 radical (unpaired) electrons. The minimum atomic E-state index is -0.322. The summed E-state index contributed by atoms with van der Waals surface area (Å²) in [6, 6.07) is 3.43. The molecule has 0 spiro atoms. The second kappa shape index (κ2) is 2.98. The molecule has 1 aromatic rings. The van der Waals surface area contributed by atoms with E-state index in [1.807, 2.05) is 12.8 Å². The fourth-order valence-electron chi connectivity index (χ4n) is 0.685. The van der Waals surface area contributed by atoms with Crippen LogP contribution < -0.4 is 0 Å². The van der Waals surface area contributed by atoms with E-state index >= 15 is 0 Å². The van der Waals surface area contributed by atoms with Crippen LogP contribution in [0.25, 0.3) is 0 Å². The molecule has 54 valence electrons. The lowest BCUT2D eigenvalue weighted by molar-refractivity contribution is 0.105. The van der Waals surface area contributed by atoms with Crippen LogP contribution in [-0.4, -0.2) is 10.8 Å². The lowest BCUT2D eigenvalue weighted by Crippen LogP contribution is -1.95. The van der Waals surface area contributed by atoms with E-state index < -0.39 is 0 Å². The van der Waals surface area contributed by atoms with Gasteiger partial charge in [-0.15, -0.1) is 6.42 Å². The maximum atomic E-state index is 10.8. The molecule has 11 heavy (non-hydrogen) atoms. The predicted octanol–water partition coefficient (Wildman–Crippen LogP) is 1.21. The standard InChI is InChI=1S/C9H7NO/c1-3-9(11)8-5-4-7(2)10-6-8/h1,4-6H,2H3. The molecule has 0 saturated carbocycles. The van der Waals surface area contributed by atoms with E-state index in [4.69, 9.17) is 6.42 Å². The number of aromatic nitrogens is 1. The molecule has 0 aliphatic rings. The number of aryl methyl sites for hydroxylation is 1. The van der Waals surface area contributed by atoms with Gasteiger partial charge >= 0.3 is 0 Å². The summed E-state index contributed by atoms with van der Waals surface area (Å²) in [7, 11) is 0. The van der Waals surface area contributed by atoms with Crippen LogP contribution in [0.3, 0.4) is 0 Å². The quantitative estimate of drug-likeness (QED) is 0.337. The van der Waals surface area contributed by atoms with Crippen molar-refractivity contribution in [2.24, 2.45) is 0 Å². The van der Waals surface area contributed by atoms with Crippen molar-refractivity contribution in [3.8, 4) is 12.3 Å². The van der Waals surface area contributed by atoms with E-state index in [9.17, 15) is 4.79 Å². The smallest absolute Gasteiger partial charge is 0.237 e. The Labute approximate surface area is 65.3 Å².